The van der Waals surface area contributed by atoms with Crippen molar-refractivity contribution in [2.24, 2.45) is 5.73 Å². The highest BCUT2D eigenvalue weighted by molar-refractivity contribution is 5.54. The van der Waals surface area contributed by atoms with Crippen LogP contribution in [-0.4, -0.2) is 18.8 Å². The number of anilines is 1. The Balaban J connectivity index is 2.14. The minimum Gasteiger partial charge on any atom is -0.371 e. The summed E-state index contributed by atoms with van der Waals surface area (Å²) in [5.41, 5.74) is 7.03. The third-order valence-corrected chi connectivity index (χ3v) is 3.36. The van der Waals surface area contributed by atoms with Crippen LogP contribution in [0.1, 0.15) is 25.3 Å². The fourth-order valence-electron chi connectivity index (χ4n) is 2.21. The van der Waals surface area contributed by atoms with E-state index in [1.165, 1.54) is 5.69 Å². The molecule has 0 atom stereocenters. The van der Waals surface area contributed by atoms with E-state index in [4.69, 9.17) is 5.73 Å². The van der Waals surface area contributed by atoms with Crippen LogP contribution in [0.5, 0.6) is 0 Å². The standard InChI is InChI=1S/C13H19FN2/c1-13(14)6-8-16(9-7-13)12-5-3-2-4-11(12)10-15/h2-5H,6-10,15H2,1H3. The van der Waals surface area contributed by atoms with Crippen molar-refractivity contribution in [3.05, 3.63) is 29.8 Å². The van der Waals surface area contributed by atoms with Crippen molar-refractivity contribution in [3.8, 4) is 0 Å². The maximum atomic E-state index is 13.7. The van der Waals surface area contributed by atoms with Gasteiger partial charge in [0.05, 0.1) is 0 Å². The highest BCUT2D eigenvalue weighted by Crippen LogP contribution is 2.30. The lowest BCUT2D eigenvalue weighted by molar-refractivity contribution is 0.149. The van der Waals surface area contributed by atoms with Crippen LogP contribution < -0.4 is 10.6 Å². The second kappa shape index (κ2) is 4.42. The van der Waals surface area contributed by atoms with Crippen LogP contribution in [0.15, 0.2) is 24.3 Å². The first-order chi connectivity index (χ1) is 7.62. The van der Waals surface area contributed by atoms with E-state index in [0.717, 1.165) is 18.7 Å². The van der Waals surface area contributed by atoms with E-state index >= 15 is 0 Å². The largest absolute Gasteiger partial charge is 0.371 e. The van der Waals surface area contributed by atoms with Gasteiger partial charge in [0.25, 0.3) is 0 Å². The number of nitrogens with two attached hydrogens (primary N) is 1. The monoisotopic (exact) mass is 222 g/mol. The fourth-order valence-corrected chi connectivity index (χ4v) is 2.21. The molecule has 0 saturated carbocycles. The molecule has 0 aromatic heterocycles. The van der Waals surface area contributed by atoms with E-state index < -0.39 is 5.67 Å². The molecule has 0 unspecified atom stereocenters. The van der Waals surface area contributed by atoms with Crippen LogP contribution in [0.25, 0.3) is 0 Å². The molecule has 16 heavy (non-hydrogen) atoms. The molecule has 1 saturated heterocycles. The van der Waals surface area contributed by atoms with Gasteiger partial charge in [-0.1, -0.05) is 18.2 Å². The molecule has 1 fully saturated rings. The lowest BCUT2D eigenvalue weighted by Crippen LogP contribution is -2.40. The number of hydrogen-bond donors (Lipinski definition) is 1. The third-order valence-electron chi connectivity index (χ3n) is 3.36. The Bertz CT molecular complexity index is 353. The van der Waals surface area contributed by atoms with Crippen LogP contribution in [0.4, 0.5) is 10.1 Å². The molecule has 0 amide bonds. The van der Waals surface area contributed by atoms with Crippen LogP contribution in [-0.2, 0) is 6.54 Å². The van der Waals surface area contributed by atoms with Crippen molar-refractivity contribution >= 4 is 5.69 Å². The molecule has 3 heteroatoms. The van der Waals surface area contributed by atoms with Gasteiger partial charge in [-0.25, -0.2) is 4.39 Å². The molecule has 0 bridgehead atoms. The van der Waals surface area contributed by atoms with E-state index in [1.807, 2.05) is 18.2 Å². The summed E-state index contributed by atoms with van der Waals surface area (Å²) in [6.07, 6.45) is 1.21. The van der Waals surface area contributed by atoms with Gasteiger partial charge in [-0.3, -0.25) is 0 Å². The van der Waals surface area contributed by atoms with E-state index in [-0.39, 0.29) is 0 Å². The van der Waals surface area contributed by atoms with E-state index in [9.17, 15) is 4.39 Å². The van der Waals surface area contributed by atoms with Crippen molar-refractivity contribution in [1.82, 2.24) is 0 Å². The van der Waals surface area contributed by atoms with Crippen LogP contribution in [0.3, 0.4) is 0 Å². The summed E-state index contributed by atoms with van der Waals surface area (Å²) >= 11 is 0. The number of hydrogen-bond acceptors (Lipinski definition) is 2. The van der Waals surface area contributed by atoms with E-state index in [1.54, 1.807) is 6.92 Å². The number of para-hydroxylation sites is 1. The molecule has 1 aromatic carbocycles. The zero-order chi connectivity index (χ0) is 11.6. The summed E-state index contributed by atoms with van der Waals surface area (Å²) in [6, 6.07) is 8.12. The van der Waals surface area contributed by atoms with Gasteiger partial charge in [-0.05, 0) is 31.4 Å². The maximum absolute atomic E-state index is 13.7. The Morgan fingerprint density at radius 1 is 1.31 bits per heavy atom. The van der Waals surface area contributed by atoms with Crippen molar-refractivity contribution in [1.29, 1.82) is 0 Å². The van der Waals surface area contributed by atoms with Gasteiger partial charge < -0.3 is 10.6 Å². The number of piperidine rings is 1. The average Bonchev–Trinajstić information content (AvgIpc) is 2.29. The zero-order valence-electron chi connectivity index (χ0n) is 9.75. The fraction of sp³-hybridized carbons (Fsp3) is 0.538. The summed E-state index contributed by atoms with van der Waals surface area (Å²) in [6.45, 7) is 3.80. The predicted octanol–water partition coefficient (Wildman–Crippen LogP) is 2.47. The molecule has 1 heterocycles. The van der Waals surface area contributed by atoms with Crippen LogP contribution >= 0.6 is 0 Å². The Kier molecular flexibility index (Phi) is 3.15. The van der Waals surface area contributed by atoms with E-state index in [0.29, 0.717) is 19.4 Å². The van der Waals surface area contributed by atoms with Gasteiger partial charge in [0.1, 0.15) is 5.67 Å². The van der Waals surface area contributed by atoms with Gasteiger partial charge >= 0.3 is 0 Å². The van der Waals surface area contributed by atoms with Crippen molar-refractivity contribution in [3.63, 3.8) is 0 Å². The molecule has 88 valence electrons. The molecule has 0 spiro atoms. The summed E-state index contributed by atoms with van der Waals surface area (Å²) in [5.74, 6) is 0. The first kappa shape index (κ1) is 11.4. The number of rotatable bonds is 2. The topological polar surface area (TPSA) is 29.3 Å². The molecule has 1 aliphatic rings. The summed E-state index contributed by atoms with van der Waals surface area (Å²) in [5, 5.41) is 0. The van der Waals surface area contributed by atoms with Gasteiger partial charge in [-0.15, -0.1) is 0 Å². The summed E-state index contributed by atoms with van der Waals surface area (Å²) < 4.78 is 13.7. The molecule has 0 radical (unpaired) electrons. The first-order valence-electron chi connectivity index (χ1n) is 5.84. The Morgan fingerprint density at radius 3 is 2.56 bits per heavy atom. The third kappa shape index (κ3) is 2.35. The maximum Gasteiger partial charge on any atom is 0.111 e. The van der Waals surface area contributed by atoms with Gasteiger partial charge in [0, 0.05) is 25.3 Å². The van der Waals surface area contributed by atoms with Gasteiger partial charge in [0.2, 0.25) is 0 Å². The second-order valence-corrected chi connectivity index (χ2v) is 4.73. The molecule has 1 aliphatic heterocycles. The SMILES string of the molecule is CC1(F)CCN(c2ccccc2CN)CC1. The second-order valence-electron chi connectivity index (χ2n) is 4.73. The van der Waals surface area contributed by atoms with E-state index in [2.05, 4.69) is 11.0 Å². The molecule has 2 rings (SSSR count). The molecule has 2 nitrogen and oxygen atoms in total. The normalized spacial score (nSPS) is 19.8. The minimum atomic E-state index is -0.992. The predicted molar refractivity (Wildman–Crippen MR) is 65.3 cm³/mol. The smallest absolute Gasteiger partial charge is 0.111 e. The van der Waals surface area contributed by atoms with Crippen LogP contribution in [0.2, 0.25) is 0 Å². The highest BCUT2D eigenvalue weighted by atomic mass is 19.1. The number of alkyl halides is 1. The van der Waals surface area contributed by atoms with Crippen molar-refractivity contribution < 1.29 is 4.39 Å². The molecule has 0 aliphatic carbocycles. The number of halogens is 1. The molecule has 1 aromatic rings. The lowest BCUT2D eigenvalue weighted by atomic mass is 9.95. The first-order valence-corrected chi connectivity index (χ1v) is 5.84. The molecular formula is C13H19FN2. The zero-order valence-corrected chi connectivity index (χ0v) is 9.75. The summed E-state index contributed by atoms with van der Waals surface area (Å²) in [4.78, 5) is 2.24. The van der Waals surface area contributed by atoms with Gasteiger partial charge in [-0.2, -0.15) is 0 Å². The van der Waals surface area contributed by atoms with Crippen LogP contribution in [0, 0.1) is 0 Å². The Hall–Kier alpha value is -1.09. The summed E-state index contributed by atoms with van der Waals surface area (Å²) in [7, 11) is 0. The van der Waals surface area contributed by atoms with Crippen molar-refractivity contribution in [2.45, 2.75) is 32.0 Å². The van der Waals surface area contributed by atoms with Crippen molar-refractivity contribution in [2.75, 3.05) is 18.0 Å². The van der Waals surface area contributed by atoms with Gasteiger partial charge in [0.15, 0.2) is 0 Å². The highest BCUT2D eigenvalue weighted by Gasteiger charge is 2.29. The molecule has 2 N–H and O–H groups in total. The Morgan fingerprint density at radius 2 is 1.94 bits per heavy atom. The average molecular weight is 222 g/mol. The molecular weight excluding hydrogens is 203 g/mol. The quantitative estimate of drug-likeness (QED) is 0.833. The lowest BCUT2D eigenvalue weighted by Gasteiger charge is -2.36. The Labute approximate surface area is 96.2 Å². The minimum absolute atomic E-state index is 0.541. The number of benzene rings is 1. The number of nitrogens with zero attached hydrogens (tertiary/aromatic N) is 1.